The molecule has 0 unspecified atom stereocenters. The Bertz CT molecular complexity index is 791. The fraction of sp³-hybridized carbons (Fsp3) is 0.333. The van der Waals surface area contributed by atoms with Gasteiger partial charge in [0.25, 0.3) is 0 Å². The number of nitrogens with zero attached hydrogens (tertiary/aromatic N) is 2. The summed E-state index contributed by atoms with van der Waals surface area (Å²) in [6.07, 6.45) is 6.43. The monoisotopic (exact) mass is 409 g/mol. The average Bonchev–Trinajstić information content (AvgIpc) is 3.33. The second-order valence-corrected chi connectivity index (χ2v) is 5.70. The molecule has 2 rings (SSSR count). The van der Waals surface area contributed by atoms with Crippen molar-refractivity contribution in [3.63, 3.8) is 0 Å². The van der Waals surface area contributed by atoms with E-state index in [-0.39, 0.29) is 25.3 Å². The summed E-state index contributed by atoms with van der Waals surface area (Å²) in [6, 6.07) is -1.94. The van der Waals surface area contributed by atoms with Crippen LogP contribution in [0.1, 0.15) is 11.4 Å². The Hall–Kier alpha value is -3.94. The van der Waals surface area contributed by atoms with Gasteiger partial charge in [-0.1, -0.05) is 0 Å². The number of carboxylic acid groups (broad SMARTS) is 2. The van der Waals surface area contributed by atoms with Gasteiger partial charge in [0.05, 0.1) is 30.6 Å². The number of nitrogens with two attached hydrogens (primary N) is 2. The van der Waals surface area contributed by atoms with Crippen LogP contribution in [0.25, 0.3) is 0 Å². The highest BCUT2D eigenvalue weighted by atomic mass is 16.4. The van der Waals surface area contributed by atoms with Crippen molar-refractivity contribution in [2.24, 2.45) is 11.5 Å². The first-order valence-corrected chi connectivity index (χ1v) is 8.22. The molecule has 11 N–H and O–H groups in total. The largest absolute Gasteiger partial charge is 0.480 e. The van der Waals surface area contributed by atoms with E-state index in [9.17, 15) is 14.4 Å². The molecule has 14 nitrogen and oxygen atoms in total. The number of aromatic nitrogens is 4. The molecule has 14 heteroatoms. The summed E-state index contributed by atoms with van der Waals surface area (Å²) >= 11 is 0. The van der Waals surface area contributed by atoms with Crippen molar-refractivity contribution in [1.29, 1.82) is 5.41 Å². The summed E-state index contributed by atoms with van der Waals surface area (Å²) < 4.78 is 0. The van der Waals surface area contributed by atoms with E-state index < -0.39 is 29.9 Å². The molecule has 0 aliphatic rings. The van der Waals surface area contributed by atoms with Crippen molar-refractivity contribution in [2.75, 3.05) is 6.54 Å². The first-order valence-electron chi connectivity index (χ1n) is 8.22. The minimum Gasteiger partial charge on any atom is -0.480 e. The van der Waals surface area contributed by atoms with Crippen LogP contribution in [-0.4, -0.2) is 72.6 Å². The molecule has 2 aromatic rings. The van der Waals surface area contributed by atoms with Crippen molar-refractivity contribution < 1.29 is 24.6 Å². The van der Waals surface area contributed by atoms with E-state index in [1.165, 1.54) is 12.7 Å². The van der Waals surface area contributed by atoms with Gasteiger partial charge in [0.1, 0.15) is 12.1 Å². The van der Waals surface area contributed by atoms with Gasteiger partial charge in [-0.15, -0.1) is 0 Å². The number of aromatic amines is 2. The van der Waals surface area contributed by atoms with Crippen LogP contribution in [0.5, 0.6) is 0 Å². The zero-order valence-corrected chi connectivity index (χ0v) is 15.3. The molecule has 2 aromatic heterocycles. The Morgan fingerprint density at radius 1 is 1.07 bits per heavy atom. The topological polar surface area (TPSA) is 249 Å². The highest BCUT2D eigenvalue weighted by Crippen LogP contribution is 1.98. The number of carbonyl (C=O) groups excluding carboxylic acids is 1. The molecule has 158 valence electrons. The molecule has 29 heavy (non-hydrogen) atoms. The fourth-order valence-electron chi connectivity index (χ4n) is 1.95. The zero-order chi connectivity index (χ0) is 21.8. The Morgan fingerprint density at radius 3 is 2.03 bits per heavy atom. The predicted octanol–water partition coefficient (Wildman–Crippen LogP) is -2.63. The van der Waals surface area contributed by atoms with Crippen LogP contribution in [0.15, 0.2) is 25.0 Å². The van der Waals surface area contributed by atoms with Gasteiger partial charge in [0.2, 0.25) is 5.91 Å². The lowest BCUT2D eigenvalue weighted by molar-refractivity contribution is -0.141. The highest BCUT2D eigenvalue weighted by Gasteiger charge is 2.21. The van der Waals surface area contributed by atoms with Crippen LogP contribution in [0.4, 0.5) is 0 Å². The summed E-state index contributed by atoms with van der Waals surface area (Å²) in [4.78, 5) is 45.7. The molecule has 0 saturated heterocycles. The van der Waals surface area contributed by atoms with Crippen LogP contribution in [0.2, 0.25) is 0 Å². The van der Waals surface area contributed by atoms with Gasteiger partial charge in [0.15, 0.2) is 5.96 Å². The van der Waals surface area contributed by atoms with Gasteiger partial charge >= 0.3 is 11.9 Å². The highest BCUT2D eigenvalue weighted by molar-refractivity contribution is 5.87. The first kappa shape index (κ1) is 23.1. The SMILES string of the molecule is N=C(N)NCC(=O)N[C@@H](Cc1c[nH]cn1)C(=O)O.N[C@@H](Cc1c[nH]cn1)C(=O)O. The molecule has 0 radical (unpaired) electrons. The van der Waals surface area contributed by atoms with E-state index in [4.69, 9.17) is 27.1 Å². The van der Waals surface area contributed by atoms with E-state index in [1.54, 1.807) is 12.4 Å². The first-order chi connectivity index (χ1) is 13.7. The molecule has 0 aliphatic heterocycles. The number of carbonyl (C=O) groups is 3. The maximum Gasteiger partial charge on any atom is 0.326 e. The maximum atomic E-state index is 11.4. The van der Waals surface area contributed by atoms with Crippen molar-refractivity contribution in [3.8, 4) is 0 Å². The Morgan fingerprint density at radius 2 is 1.62 bits per heavy atom. The molecule has 0 spiro atoms. The average molecular weight is 409 g/mol. The Labute approximate surface area is 164 Å². The van der Waals surface area contributed by atoms with Crippen molar-refractivity contribution in [3.05, 3.63) is 36.4 Å². The van der Waals surface area contributed by atoms with Gasteiger partial charge < -0.3 is 42.3 Å². The predicted molar refractivity (Wildman–Crippen MR) is 99.7 cm³/mol. The number of rotatable bonds is 9. The quantitative estimate of drug-likeness (QED) is 0.154. The van der Waals surface area contributed by atoms with Gasteiger partial charge in [-0.2, -0.15) is 0 Å². The number of nitrogens with one attached hydrogen (secondary N) is 5. The Kier molecular flexibility index (Phi) is 9.32. The third-order valence-electron chi connectivity index (χ3n) is 3.34. The number of hydrogen-bond donors (Lipinski definition) is 9. The molecular formula is C15H23N9O5. The second kappa shape index (κ2) is 11.7. The number of amides is 1. The van der Waals surface area contributed by atoms with Crippen molar-refractivity contribution >= 4 is 23.8 Å². The van der Waals surface area contributed by atoms with Gasteiger partial charge in [0, 0.05) is 25.2 Å². The van der Waals surface area contributed by atoms with Crippen molar-refractivity contribution in [1.82, 2.24) is 30.6 Å². The minimum absolute atomic E-state index is 0.0741. The van der Waals surface area contributed by atoms with Crippen molar-refractivity contribution in [2.45, 2.75) is 24.9 Å². The smallest absolute Gasteiger partial charge is 0.326 e. The number of imidazole rings is 2. The summed E-state index contributed by atoms with van der Waals surface area (Å²) in [6.45, 7) is -0.250. The van der Waals surface area contributed by atoms with E-state index >= 15 is 0 Å². The molecular weight excluding hydrogens is 386 g/mol. The van der Waals surface area contributed by atoms with Gasteiger partial charge in [-0.25, -0.2) is 14.8 Å². The number of carboxylic acids is 2. The van der Waals surface area contributed by atoms with E-state index in [0.29, 0.717) is 11.4 Å². The van der Waals surface area contributed by atoms with E-state index in [1.807, 2.05) is 0 Å². The minimum atomic E-state index is -1.16. The number of H-pyrrole nitrogens is 2. The number of guanidine groups is 1. The molecule has 0 aromatic carbocycles. The van der Waals surface area contributed by atoms with E-state index in [2.05, 4.69) is 30.6 Å². The lowest BCUT2D eigenvalue weighted by atomic mass is 10.1. The molecule has 1 amide bonds. The third-order valence-corrected chi connectivity index (χ3v) is 3.34. The fourth-order valence-corrected chi connectivity index (χ4v) is 1.95. The summed E-state index contributed by atoms with van der Waals surface area (Å²) in [5, 5.41) is 28.8. The molecule has 0 aliphatic carbocycles. The summed E-state index contributed by atoms with van der Waals surface area (Å²) in [5.41, 5.74) is 11.5. The second-order valence-electron chi connectivity index (χ2n) is 5.70. The van der Waals surface area contributed by atoms with Crippen LogP contribution < -0.4 is 22.1 Å². The molecule has 0 fully saturated rings. The lowest BCUT2D eigenvalue weighted by Gasteiger charge is -2.13. The van der Waals surface area contributed by atoms with Crippen LogP contribution in [0.3, 0.4) is 0 Å². The van der Waals surface area contributed by atoms with Crippen LogP contribution in [-0.2, 0) is 27.2 Å². The van der Waals surface area contributed by atoms with Gasteiger partial charge in [-0.3, -0.25) is 15.0 Å². The molecule has 2 heterocycles. The van der Waals surface area contributed by atoms with Gasteiger partial charge in [-0.05, 0) is 0 Å². The summed E-state index contributed by atoms with van der Waals surface area (Å²) in [5.74, 6) is -3.08. The Balaban J connectivity index is 0.000000326. The lowest BCUT2D eigenvalue weighted by Crippen LogP contribution is -2.47. The molecule has 0 saturated carbocycles. The van der Waals surface area contributed by atoms with E-state index in [0.717, 1.165) is 0 Å². The molecule has 0 bridgehead atoms. The van der Waals surface area contributed by atoms with Crippen LogP contribution in [0, 0.1) is 5.41 Å². The van der Waals surface area contributed by atoms with Crippen LogP contribution >= 0.6 is 0 Å². The molecule has 2 atom stereocenters. The normalized spacial score (nSPS) is 12.0. The number of aliphatic carboxylic acids is 2. The summed E-state index contributed by atoms with van der Waals surface area (Å²) in [7, 11) is 0. The number of hydrogen-bond acceptors (Lipinski definition) is 7. The zero-order valence-electron chi connectivity index (χ0n) is 15.3. The maximum absolute atomic E-state index is 11.4. The third kappa shape index (κ3) is 9.53. The standard InChI is InChI=1S/C9H14N6O3.C6H9N3O2/c10-9(11)13-3-7(16)15-6(8(17)18)1-5-2-12-4-14-5;7-5(6(10)11)1-4-2-8-3-9-4/h2,4,6H,1,3H2,(H,12,14)(H,15,16)(H,17,18)(H4,10,11,13);2-3,5H,1,7H2,(H,8,9)(H,10,11)/t6-;5-/m00/s1.